The third-order valence-corrected chi connectivity index (χ3v) is 5.19. The fourth-order valence-electron chi connectivity index (χ4n) is 3.43. The number of urea groups is 1. The second-order valence-electron chi connectivity index (χ2n) is 6.66. The molecule has 1 N–H and O–H groups in total. The summed E-state index contributed by atoms with van der Waals surface area (Å²) in [7, 11) is 3.62. The number of methoxy groups -OCH3 is 1. The molecule has 1 aromatic heterocycles. The average Bonchev–Trinajstić information content (AvgIpc) is 2.90. The molecule has 2 aliphatic rings. The normalized spacial score (nSPS) is 21.6. The monoisotopic (exact) mass is 336 g/mol. The summed E-state index contributed by atoms with van der Waals surface area (Å²) in [6, 6.07) is 0.0523. The number of nitrogens with one attached hydrogen (secondary N) is 1. The Morgan fingerprint density at radius 1 is 1.50 bits per heavy atom. The standard InChI is InChI=1S/C17H28N4O3/c1-20-16(15(10-19-20)13-4-3-5-13)11-18-17(22)21-7-9-24-12-14(21)6-8-23-2/h10,13-14H,3-9,11-12H2,1-2H3,(H,18,22). The molecule has 7 heteroatoms. The first-order valence-electron chi connectivity index (χ1n) is 8.82. The fourth-order valence-corrected chi connectivity index (χ4v) is 3.43. The largest absolute Gasteiger partial charge is 0.385 e. The van der Waals surface area contributed by atoms with Gasteiger partial charge in [0.05, 0.1) is 37.7 Å². The summed E-state index contributed by atoms with van der Waals surface area (Å²) in [5, 5.41) is 7.46. The molecule has 2 amide bonds. The van der Waals surface area contributed by atoms with Crippen LogP contribution >= 0.6 is 0 Å². The zero-order valence-electron chi connectivity index (χ0n) is 14.7. The highest BCUT2D eigenvalue weighted by atomic mass is 16.5. The van der Waals surface area contributed by atoms with E-state index in [1.165, 1.54) is 24.8 Å². The number of hydrogen-bond donors (Lipinski definition) is 1. The van der Waals surface area contributed by atoms with Gasteiger partial charge in [0.15, 0.2) is 0 Å². The molecule has 1 unspecified atom stereocenters. The highest BCUT2D eigenvalue weighted by Gasteiger charge is 2.28. The molecule has 1 atom stereocenters. The van der Waals surface area contributed by atoms with Gasteiger partial charge in [-0.1, -0.05) is 6.42 Å². The van der Waals surface area contributed by atoms with Crippen LogP contribution in [0.25, 0.3) is 0 Å². The Morgan fingerprint density at radius 2 is 2.33 bits per heavy atom. The summed E-state index contributed by atoms with van der Waals surface area (Å²) in [6.45, 7) is 2.95. The van der Waals surface area contributed by atoms with Crippen molar-refractivity contribution in [3.05, 3.63) is 17.5 Å². The molecular formula is C17H28N4O3. The average molecular weight is 336 g/mol. The Labute approximate surface area is 143 Å². The van der Waals surface area contributed by atoms with Crippen molar-refractivity contribution < 1.29 is 14.3 Å². The molecule has 2 heterocycles. The van der Waals surface area contributed by atoms with Crippen LogP contribution in [-0.4, -0.2) is 60.2 Å². The van der Waals surface area contributed by atoms with Gasteiger partial charge in [0, 0.05) is 27.3 Å². The van der Waals surface area contributed by atoms with Crippen molar-refractivity contribution >= 4 is 6.03 Å². The van der Waals surface area contributed by atoms with Crippen LogP contribution in [0.15, 0.2) is 6.20 Å². The highest BCUT2D eigenvalue weighted by molar-refractivity contribution is 5.74. The maximum atomic E-state index is 12.6. The zero-order valence-corrected chi connectivity index (χ0v) is 14.7. The van der Waals surface area contributed by atoms with E-state index in [4.69, 9.17) is 9.47 Å². The molecule has 1 saturated heterocycles. The second kappa shape index (κ2) is 7.98. The Kier molecular flexibility index (Phi) is 5.73. The maximum Gasteiger partial charge on any atom is 0.318 e. The molecule has 134 valence electrons. The molecule has 0 aromatic carbocycles. The number of carbonyl (C=O) groups excluding carboxylic acids is 1. The minimum absolute atomic E-state index is 0.0276. The quantitative estimate of drug-likeness (QED) is 0.857. The van der Waals surface area contributed by atoms with E-state index in [-0.39, 0.29) is 12.1 Å². The number of ether oxygens (including phenoxy) is 2. The predicted octanol–water partition coefficient (Wildman–Crippen LogP) is 1.63. The van der Waals surface area contributed by atoms with Crippen LogP contribution in [0.4, 0.5) is 4.79 Å². The van der Waals surface area contributed by atoms with Crippen LogP contribution in [0.3, 0.4) is 0 Å². The third-order valence-electron chi connectivity index (χ3n) is 5.19. The minimum Gasteiger partial charge on any atom is -0.385 e. The molecule has 1 aliphatic carbocycles. The van der Waals surface area contributed by atoms with Gasteiger partial charge in [0.1, 0.15) is 0 Å². The van der Waals surface area contributed by atoms with E-state index >= 15 is 0 Å². The van der Waals surface area contributed by atoms with Crippen LogP contribution in [-0.2, 0) is 23.1 Å². The van der Waals surface area contributed by atoms with E-state index in [1.807, 2.05) is 22.8 Å². The number of aryl methyl sites for hydroxylation is 1. The van der Waals surface area contributed by atoms with Crippen molar-refractivity contribution in [2.45, 2.75) is 44.2 Å². The van der Waals surface area contributed by atoms with Gasteiger partial charge in [-0.05, 0) is 30.7 Å². The summed E-state index contributed by atoms with van der Waals surface area (Å²) >= 11 is 0. The lowest BCUT2D eigenvalue weighted by Gasteiger charge is -2.35. The van der Waals surface area contributed by atoms with Crippen molar-refractivity contribution in [3.8, 4) is 0 Å². The van der Waals surface area contributed by atoms with E-state index < -0.39 is 0 Å². The van der Waals surface area contributed by atoms with Gasteiger partial charge in [-0.15, -0.1) is 0 Å². The summed E-state index contributed by atoms with van der Waals surface area (Å²) in [5.74, 6) is 0.614. The van der Waals surface area contributed by atoms with Crippen molar-refractivity contribution in [1.29, 1.82) is 0 Å². The number of carbonyl (C=O) groups is 1. The Balaban J connectivity index is 1.59. The molecule has 24 heavy (non-hydrogen) atoms. The lowest BCUT2D eigenvalue weighted by molar-refractivity contribution is 0.00156. The van der Waals surface area contributed by atoms with Crippen LogP contribution in [0.1, 0.15) is 42.9 Å². The number of amides is 2. The minimum atomic E-state index is -0.0276. The van der Waals surface area contributed by atoms with E-state index in [2.05, 4.69) is 10.4 Å². The molecule has 0 radical (unpaired) electrons. The molecule has 1 aliphatic heterocycles. The first-order chi connectivity index (χ1) is 11.7. The van der Waals surface area contributed by atoms with Gasteiger partial charge in [-0.2, -0.15) is 5.10 Å². The predicted molar refractivity (Wildman–Crippen MR) is 89.8 cm³/mol. The number of hydrogen-bond acceptors (Lipinski definition) is 4. The number of morpholine rings is 1. The Hall–Kier alpha value is -1.60. The smallest absolute Gasteiger partial charge is 0.318 e. The van der Waals surface area contributed by atoms with E-state index in [0.717, 1.165) is 12.1 Å². The molecule has 2 fully saturated rings. The SMILES string of the molecule is COCCC1COCCN1C(=O)NCc1c(C2CCC2)cnn1C. The van der Waals surface area contributed by atoms with E-state index in [0.29, 0.717) is 38.8 Å². The number of aromatic nitrogens is 2. The second-order valence-corrected chi connectivity index (χ2v) is 6.66. The zero-order chi connectivity index (χ0) is 16.9. The highest BCUT2D eigenvalue weighted by Crippen LogP contribution is 2.37. The van der Waals surface area contributed by atoms with Gasteiger partial charge in [0.25, 0.3) is 0 Å². The van der Waals surface area contributed by atoms with Crippen LogP contribution in [0.5, 0.6) is 0 Å². The first kappa shape index (κ1) is 17.2. The van der Waals surface area contributed by atoms with E-state index in [9.17, 15) is 4.79 Å². The van der Waals surface area contributed by atoms with Crippen LogP contribution in [0.2, 0.25) is 0 Å². The molecule has 0 bridgehead atoms. The Morgan fingerprint density at radius 3 is 3.04 bits per heavy atom. The van der Waals surface area contributed by atoms with Gasteiger partial charge in [-0.3, -0.25) is 4.68 Å². The lowest BCUT2D eigenvalue weighted by atomic mass is 9.80. The molecule has 7 nitrogen and oxygen atoms in total. The van der Waals surface area contributed by atoms with Crippen molar-refractivity contribution in [2.24, 2.45) is 7.05 Å². The number of nitrogens with zero attached hydrogens (tertiary/aromatic N) is 3. The summed E-state index contributed by atoms with van der Waals surface area (Å²) in [6.07, 6.45) is 6.51. The first-order valence-corrected chi connectivity index (χ1v) is 8.82. The molecule has 3 rings (SSSR count). The van der Waals surface area contributed by atoms with Crippen LogP contribution in [0, 0.1) is 0 Å². The Bertz CT molecular complexity index is 556. The third kappa shape index (κ3) is 3.72. The molecule has 1 aromatic rings. The molecular weight excluding hydrogens is 308 g/mol. The van der Waals surface area contributed by atoms with Crippen LogP contribution < -0.4 is 5.32 Å². The van der Waals surface area contributed by atoms with Gasteiger partial charge < -0.3 is 19.7 Å². The fraction of sp³-hybridized carbons (Fsp3) is 0.765. The number of rotatable bonds is 6. The lowest BCUT2D eigenvalue weighted by Crippen LogP contribution is -2.52. The van der Waals surface area contributed by atoms with Gasteiger partial charge in [0.2, 0.25) is 0 Å². The van der Waals surface area contributed by atoms with Crippen molar-refractivity contribution in [2.75, 3.05) is 33.5 Å². The summed E-state index contributed by atoms with van der Waals surface area (Å²) in [4.78, 5) is 14.5. The molecule has 0 spiro atoms. The van der Waals surface area contributed by atoms with Gasteiger partial charge >= 0.3 is 6.03 Å². The van der Waals surface area contributed by atoms with Crippen molar-refractivity contribution in [1.82, 2.24) is 20.0 Å². The van der Waals surface area contributed by atoms with E-state index in [1.54, 1.807) is 7.11 Å². The van der Waals surface area contributed by atoms with Crippen molar-refractivity contribution in [3.63, 3.8) is 0 Å². The molecule has 1 saturated carbocycles. The summed E-state index contributed by atoms with van der Waals surface area (Å²) in [5.41, 5.74) is 2.41. The summed E-state index contributed by atoms with van der Waals surface area (Å²) < 4.78 is 12.5. The van der Waals surface area contributed by atoms with Gasteiger partial charge in [-0.25, -0.2) is 4.79 Å². The topological polar surface area (TPSA) is 68.6 Å². The maximum absolute atomic E-state index is 12.6.